The summed E-state index contributed by atoms with van der Waals surface area (Å²) < 4.78 is 41.0. The van der Waals surface area contributed by atoms with Gasteiger partial charge in [0.2, 0.25) is 0 Å². The Morgan fingerprint density at radius 2 is 2.24 bits per heavy atom. The van der Waals surface area contributed by atoms with Crippen LogP contribution in [0.4, 0.5) is 19.0 Å². The third kappa shape index (κ3) is 3.94. The van der Waals surface area contributed by atoms with E-state index in [0.717, 1.165) is 0 Å². The zero-order chi connectivity index (χ0) is 13.1. The van der Waals surface area contributed by atoms with Gasteiger partial charge in [-0.3, -0.25) is 0 Å². The number of methoxy groups -OCH3 is 1. The standard InChI is InChI=1S/C9H10ClF3N2O2/c1-17-6-2-5(10)3-14-8(6)15-4-7(16)9(11,12)13/h2-3,7,16H,4H2,1H3,(H,14,15)/t7-/m0/s1. The molecule has 1 atom stereocenters. The quantitative estimate of drug-likeness (QED) is 0.880. The Labute approximate surface area is 100 Å². The number of rotatable bonds is 4. The SMILES string of the molecule is COc1cc(Cl)cnc1NC[C@H](O)C(F)(F)F. The van der Waals surface area contributed by atoms with Gasteiger partial charge >= 0.3 is 6.18 Å². The number of aliphatic hydroxyl groups is 1. The molecule has 0 unspecified atom stereocenters. The lowest BCUT2D eigenvalue weighted by atomic mass is 10.3. The monoisotopic (exact) mass is 270 g/mol. The summed E-state index contributed by atoms with van der Waals surface area (Å²) in [5.74, 6) is 0.284. The molecule has 0 spiro atoms. The number of alkyl halides is 3. The summed E-state index contributed by atoms with van der Waals surface area (Å²) in [6, 6.07) is 1.40. The van der Waals surface area contributed by atoms with Gasteiger partial charge in [0.05, 0.1) is 18.7 Å². The Morgan fingerprint density at radius 1 is 1.59 bits per heavy atom. The highest BCUT2D eigenvalue weighted by Crippen LogP contribution is 2.26. The lowest BCUT2D eigenvalue weighted by molar-refractivity contribution is -0.198. The number of pyridine rings is 1. The van der Waals surface area contributed by atoms with E-state index in [1.807, 2.05) is 0 Å². The number of ether oxygens (including phenoxy) is 1. The molecule has 0 aliphatic rings. The van der Waals surface area contributed by atoms with E-state index in [9.17, 15) is 13.2 Å². The number of aromatic nitrogens is 1. The van der Waals surface area contributed by atoms with E-state index >= 15 is 0 Å². The van der Waals surface area contributed by atoms with Crippen molar-refractivity contribution in [1.29, 1.82) is 0 Å². The van der Waals surface area contributed by atoms with E-state index in [2.05, 4.69) is 10.3 Å². The predicted molar refractivity (Wildman–Crippen MR) is 56.4 cm³/mol. The molecule has 1 rings (SSSR count). The van der Waals surface area contributed by atoms with Crippen LogP contribution in [-0.2, 0) is 0 Å². The first kappa shape index (κ1) is 13.9. The van der Waals surface area contributed by atoms with Crippen LogP contribution in [0.1, 0.15) is 0 Å². The van der Waals surface area contributed by atoms with Gasteiger partial charge < -0.3 is 15.2 Å². The molecule has 0 saturated carbocycles. The molecule has 96 valence electrons. The number of halogens is 4. The largest absolute Gasteiger partial charge is 0.493 e. The first-order valence-corrected chi connectivity index (χ1v) is 4.90. The highest BCUT2D eigenvalue weighted by atomic mass is 35.5. The minimum Gasteiger partial charge on any atom is -0.493 e. The van der Waals surface area contributed by atoms with Crippen LogP contribution in [0.3, 0.4) is 0 Å². The van der Waals surface area contributed by atoms with Crippen LogP contribution in [0.2, 0.25) is 5.02 Å². The van der Waals surface area contributed by atoms with Gasteiger partial charge in [-0.1, -0.05) is 11.6 Å². The third-order valence-electron chi connectivity index (χ3n) is 1.88. The van der Waals surface area contributed by atoms with E-state index < -0.39 is 18.8 Å². The van der Waals surface area contributed by atoms with E-state index in [0.29, 0.717) is 5.02 Å². The maximum absolute atomic E-state index is 12.0. The number of nitrogens with zero attached hydrogens (tertiary/aromatic N) is 1. The normalized spacial score (nSPS) is 13.3. The molecule has 0 fully saturated rings. The van der Waals surface area contributed by atoms with Crippen LogP contribution in [-0.4, -0.2) is 36.0 Å². The van der Waals surface area contributed by atoms with Gasteiger partial charge in [0.25, 0.3) is 0 Å². The molecule has 0 aliphatic heterocycles. The number of hydrogen-bond acceptors (Lipinski definition) is 4. The molecule has 0 amide bonds. The smallest absolute Gasteiger partial charge is 0.416 e. The van der Waals surface area contributed by atoms with Gasteiger partial charge in [0.1, 0.15) is 0 Å². The topological polar surface area (TPSA) is 54.4 Å². The highest BCUT2D eigenvalue weighted by Gasteiger charge is 2.38. The van der Waals surface area contributed by atoms with Crippen molar-refractivity contribution >= 4 is 17.4 Å². The number of anilines is 1. The number of hydrogen-bond donors (Lipinski definition) is 2. The molecule has 0 aliphatic carbocycles. The fourth-order valence-electron chi connectivity index (χ4n) is 1.02. The summed E-state index contributed by atoms with van der Waals surface area (Å²) in [5, 5.41) is 11.4. The van der Waals surface area contributed by atoms with Crippen LogP contribution in [0.15, 0.2) is 12.3 Å². The fraction of sp³-hybridized carbons (Fsp3) is 0.444. The van der Waals surface area contributed by atoms with Crippen LogP contribution >= 0.6 is 11.6 Å². The van der Waals surface area contributed by atoms with E-state index in [1.165, 1.54) is 19.4 Å². The van der Waals surface area contributed by atoms with Crippen molar-refractivity contribution in [3.8, 4) is 5.75 Å². The third-order valence-corrected chi connectivity index (χ3v) is 2.09. The summed E-state index contributed by atoms with van der Waals surface area (Å²) in [6.07, 6.45) is -5.89. The van der Waals surface area contributed by atoms with Gasteiger partial charge in [0, 0.05) is 12.3 Å². The molecule has 8 heteroatoms. The molecule has 2 N–H and O–H groups in total. The summed E-state index contributed by atoms with van der Waals surface area (Å²) in [7, 11) is 1.33. The second kappa shape index (κ2) is 5.42. The van der Waals surface area contributed by atoms with Gasteiger partial charge in [-0.05, 0) is 0 Å². The van der Waals surface area contributed by atoms with Crippen molar-refractivity contribution in [3.63, 3.8) is 0 Å². The van der Waals surface area contributed by atoms with Crippen LogP contribution in [0.5, 0.6) is 5.75 Å². The van der Waals surface area contributed by atoms with E-state index in [1.54, 1.807) is 0 Å². The zero-order valence-electron chi connectivity index (χ0n) is 8.75. The van der Waals surface area contributed by atoms with E-state index in [4.69, 9.17) is 21.4 Å². The zero-order valence-corrected chi connectivity index (χ0v) is 9.51. The molecular weight excluding hydrogens is 261 g/mol. The molecule has 1 aromatic heterocycles. The molecule has 0 aromatic carbocycles. The average Bonchev–Trinajstić information content (AvgIpc) is 2.25. The van der Waals surface area contributed by atoms with Crippen molar-refractivity contribution < 1.29 is 23.0 Å². The molecule has 1 aromatic rings. The molecular formula is C9H10ClF3N2O2. The van der Waals surface area contributed by atoms with Crippen molar-refractivity contribution in [2.75, 3.05) is 19.0 Å². The lowest BCUT2D eigenvalue weighted by Gasteiger charge is -2.16. The molecule has 0 radical (unpaired) electrons. The Kier molecular flexibility index (Phi) is 4.41. The Hall–Kier alpha value is -1.21. The van der Waals surface area contributed by atoms with Crippen LogP contribution < -0.4 is 10.1 Å². The molecule has 17 heavy (non-hydrogen) atoms. The summed E-state index contributed by atoms with van der Waals surface area (Å²) >= 11 is 5.63. The Balaban J connectivity index is 2.69. The number of aliphatic hydroxyl groups excluding tert-OH is 1. The second-order valence-corrected chi connectivity index (χ2v) is 3.58. The average molecular weight is 271 g/mol. The summed E-state index contributed by atoms with van der Waals surface area (Å²) in [4.78, 5) is 3.76. The second-order valence-electron chi connectivity index (χ2n) is 3.14. The highest BCUT2D eigenvalue weighted by molar-refractivity contribution is 6.30. The predicted octanol–water partition coefficient (Wildman–Crippen LogP) is 2.08. The fourth-order valence-corrected chi connectivity index (χ4v) is 1.17. The van der Waals surface area contributed by atoms with Crippen LogP contribution in [0, 0.1) is 0 Å². The molecule has 0 saturated heterocycles. The first-order chi connectivity index (χ1) is 7.84. The van der Waals surface area contributed by atoms with Crippen molar-refractivity contribution in [2.24, 2.45) is 0 Å². The van der Waals surface area contributed by atoms with Crippen molar-refractivity contribution in [1.82, 2.24) is 4.98 Å². The minimum absolute atomic E-state index is 0.0835. The summed E-state index contributed by atoms with van der Waals surface area (Å²) in [6.45, 7) is -0.714. The van der Waals surface area contributed by atoms with Crippen molar-refractivity contribution in [3.05, 3.63) is 17.3 Å². The van der Waals surface area contributed by atoms with Crippen molar-refractivity contribution in [2.45, 2.75) is 12.3 Å². The van der Waals surface area contributed by atoms with Gasteiger partial charge in [0.15, 0.2) is 17.7 Å². The van der Waals surface area contributed by atoms with Crippen LogP contribution in [0.25, 0.3) is 0 Å². The maximum atomic E-state index is 12.0. The Morgan fingerprint density at radius 3 is 2.76 bits per heavy atom. The maximum Gasteiger partial charge on any atom is 0.416 e. The summed E-state index contributed by atoms with van der Waals surface area (Å²) in [5.41, 5.74) is 0. The molecule has 1 heterocycles. The van der Waals surface area contributed by atoms with E-state index in [-0.39, 0.29) is 11.6 Å². The van der Waals surface area contributed by atoms with Gasteiger partial charge in [-0.25, -0.2) is 4.98 Å². The van der Waals surface area contributed by atoms with Gasteiger partial charge in [-0.15, -0.1) is 0 Å². The lowest BCUT2D eigenvalue weighted by Crippen LogP contribution is -2.35. The molecule has 0 bridgehead atoms. The molecule has 4 nitrogen and oxygen atoms in total. The number of nitrogens with one attached hydrogen (secondary N) is 1. The minimum atomic E-state index is -4.67. The Bertz CT molecular complexity index is 387. The van der Waals surface area contributed by atoms with Gasteiger partial charge in [-0.2, -0.15) is 13.2 Å². The first-order valence-electron chi connectivity index (χ1n) is 4.52.